The van der Waals surface area contributed by atoms with Crippen molar-refractivity contribution in [3.63, 3.8) is 0 Å². The minimum Gasteiger partial charge on any atom is -0.494 e. The first-order chi connectivity index (χ1) is 9.84. The Bertz CT molecular complexity index is 395. The molecule has 1 atom stereocenters. The number of hydrogen-bond donors (Lipinski definition) is 2. The van der Waals surface area contributed by atoms with Crippen molar-refractivity contribution in [3.05, 3.63) is 30.3 Å². The molecule has 0 spiro atoms. The van der Waals surface area contributed by atoms with Crippen LogP contribution in [-0.4, -0.2) is 32.1 Å². The fourth-order valence-electron chi connectivity index (χ4n) is 2.38. The van der Waals surface area contributed by atoms with Crippen molar-refractivity contribution in [3.8, 4) is 5.75 Å². The summed E-state index contributed by atoms with van der Waals surface area (Å²) in [5, 5.41) is 6.37. The summed E-state index contributed by atoms with van der Waals surface area (Å²) in [6.07, 6.45) is 3.71. The maximum atomic E-state index is 11.7. The van der Waals surface area contributed by atoms with Gasteiger partial charge in [-0.3, -0.25) is 4.79 Å². The third-order valence-electron chi connectivity index (χ3n) is 3.55. The zero-order valence-electron chi connectivity index (χ0n) is 12.3. The van der Waals surface area contributed by atoms with E-state index in [-0.39, 0.29) is 18.3 Å². The van der Waals surface area contributed by atoms with Crippen LogP contribution >= 0.6 is 12.4 Å². The second-order valence-corrected chi connectivity index (χ2v) is 5.28. The van der Waals surface area contributed by atoms with Crippen LogP contribution < -0.4 is 15.4 Å². The normalized spacial score (nSPS) is 17.6. The van der Waals surface area contributed by atoms with Crippen molar-refractivity contribution in [2.75, 3.05) is 26.2 Å². The monoisotopic (exact) mass is 312 g/mol. The van der Waals surface area contributed by atoms with Crippen LogP contribution in [0.25, 0.3) is 0 Å². The molecule has 0 aromatic heterocycles. The van der Waals surface area contributed by atoms with E-state index in [4.69, 9.17) is 4.74 Å². The SMILES string of the molecule is Cl.O=C(CCCOc1ccccc1)NCC1CCCNC1. The lowest BCUT2D eigenvalue weighted by Crippen LogP contribution is -2.38. The Kier molecular flexibility index (Phi) is 8.87. The molecular formula is C16H25ClN2O2. The molecule has 21 heavy (non-hydrogen) atoms. The Morgan fingerprint density at radius 2 is 2.14 bits per heavy atom. The quantitative estimate of drug-likeness (QED) is 0.760. The van der Waals surface area contributed by atoms with Gasteiger partial charge in [0.15, 0.2) is 0 Å². The number of para-hydroxylation sites is 1. The molecule has 5 heteroatoms. The molecule has 1 saturated heterocycles. The fourth-order valence-corrected chi connectivity index (χ4v) is 2.38. The van der Waals surface area contributed by atoms with E-state index in [9.17, 15) is 4.79 Å². The summed E-state index contributed by atoms with van der Waals surface area (Å²) in [5.41, 5.74) is 0. The standard InChI is InChI=1S/C16H24N2O2.ClH/c19-16(18-13-14-6-4-10-17-12-14)9-5-11-20-15-7-2-1-3-8-15;/h1-3,7-8,14,17H,4-6,9-13H2,(H,18,19);1H. The first kappa shape index (κ1) is 17.8. The third kappa shape index (κ3) is 7.34. The lowest BCUT2D eigenvalue weighted by Gasteiger charge is -2.22. The average Bonchev–Trinajstić information content (AvgIpc) is 2.52. The van der Waals surface area contributed by atoms with Gasteiger partial charge in [0.2, 0.25) is 5.91 Å². The summed E-state index contributed by atoms with van der Waals surface area (Å²) in [6, 6.07) is 9.70. The zero-order chi connectivity index (χ0) is 14.0. The van der Waals surface area contributed by atoms with Gasteiger partial charge in [-0.2, -0.15) is 0 Å². The largest absolute Gasteiger partial charge is 0.494 e. The van der Waals surface area contributed by atoms with E-state index in [1.54, 1.807) is 0 Å². The lowest BCUT2D eigenvalue weighted by molar-refractivity contribution is -0.121. The molecule has 0 bridgehead atoms. The molecule has 1 amide bonds. The average molecular weight is 313 g/mol. The van der Waals surface area contributed by atoms with Gasteiger partial charge in [-0.25, -0.2) is 0 Å². The number of rotatable bonds is 7. The molecule has 1 heterocycles. The highest BCUT2D eigenvalue weighted by Gasteiger charge is 2.13. The smallest absolute Gasteiger partial charge is 0.220 e. The van der Waals surface area contributed by atoms with Gasteiger partial charge in [-0.1, -0.05) is 18.2 Å². The number of carbonyl (C=O) groups excluding carboxylic acids is 1. The summed E-state index contributed by atoms with van der Waals surface area (Å²) in [5.74, 6) is 1.58. The van der Waals surface area contributed by atoms with Crippen LogP contribution in [0.15, 0.2) is 30.3 Å². The molecular weight excluding hydrogens is 288 g/mol. The van der Waals surface area contributed by atoms with E-state index in [1.165, 1.54) is 12.8 Å². The van der Waals surface area contributed by atoms with E-state index in [0.29, 0.717) is 18.9 Å². The van der Waals surface area contributed by atoms with Crippen LogP contribution in [0.1, 0.15) is 25.7 Å². The fraction of sp³-hybridized carbons (Fsp3) is 0.562. The van der Waals surface area contributed by atoms with Gasteiger partial charge < -0.3 is 15.4 Å². The topological polar surface area (TPSA) is 50.4 Å². The van der Waals surface area contributed by atoms with Crippen molar-refractivity contribution in [1.29, 1.82) is 0 Å². The number of piperidine rings is 1. The van der Waals surface area contributed by atoms with Crippen LogP contribution in [0.3, 0.4) is 0 Å². The molecule has 2 N–H and O–H groups in total. The first-order valence-corrected chi connectivity index (χ1v) is 7.50. The second-order valence-electron chi connectivity index (χ2n) is 5.28. The van der Waals surface area contributed by atoms with E-state index < -0.39 is 0 Å². The van der Waals surface area contributed by atoms with Crippen LogP contribution in [0.2, 0.25) is 0 Å². The van der Waals surface area contributed by atoms with E-state index in [2.05, 4.69) is 10.6 Å². The Balaban J connectivity index is 0.00000220. The number of nitrogens with one attached hydrogen (secondary N) is 2. The molecule has 2 rings (SSSR count). The van der Waals surface area contributed by atoms with E-state index >= 15 is 0 Å². The second kappa shape index (κ2) is 10.5. The Hall–Kier alpha value is -1.26. The van der Waals surface area contributed by atoms with Crippen LogP contribution in [0.5, 0.6) is 5.75 Å². The molecule has 1 fully saturated rings. The minimum atomic E-state index is 0. The molecule has 1 aromatic rings. The summed E-state index contributed by atoms with van der Waals surface area (Å²) in [4.78, 5) is 11.7. The number of halogens is 1. The molecule has 0 aliphatic carbocycles. The molecule has 1 aliphatic rings. The van der Waals surface area contributed by atoms with Gasteiger partial charge >= 0.3 is 0 Å². The number of ether oxygens (including phenoxy) is 1. The third-order valence-corrected chi connectivity index (χ3v) is 3.55. The minimum absolute atomic E-state index is 0. The zero-order valence-corrected chi connectivity index (χ0v) is 13.2. The lowest BCUT2D eigenvalue weighted by atomic mass is 10.00. The Morgan fingerprint density at radius 3 is 2.86 bits per heavy atom. The number of carbonyl (C=O) groups is 1. The van der Waals surface area contributed by atoms with Gasteiger partial charge in [0.1, 0.15) is 5.75 Å². The van der Waals surface area contributed by atoms with Crippen molar-refractivity contribution >= 4 is 18.3 Å². The molecule has 1 aliphatic heterocycles. The summed E-state index contributed by atoms with van der Waals surface area (Å²) < 4.78 is 5.56. The Morgan fingerprint density at radius 1 is 1.33 bits per heavy atom. The van der Waals surface area contributed by atoms with Crippen molar-refractivity contribution < 1.29 is 9.53 Å². The molecule has 118 valence electrons. The highest BCUT2D eigenvalue weighted by atomic mass is 35.5. The van der Waals surface area contributed by atoms with Gasteiger partial charge in [-0.15, -0.1) is 12.4 Å². The van der Waals surface area contributed by atoms with Crippen molar-refractivity contribution in [2.45, 2.75) is 25.7 Å². The van der Waals surface area contributed by atoms with Crippen LogP contribution in [0.4, 0.5) is 0 Å². The van der Waals surface area contributed by atoms with Crippen molar-refractivity contribution in [1.82, 2.24) is 10.6 Å². The summed E-state index contributed by atoms with van der Waals surface area (Å²) in [6.45, 7) is 3.52. The molecule has 0 saturated carbocycles. The first-order valence-electron chi connectivity index (χ1n) is 7.50. The molecule has 0 radical (unpaired) electrons. The highest BCUT2D eigenvalue weighted by molar-refractivity contribution is 5.85. The highest BCUT2D eigenvalue weighted by Crippen LogP contribution is 2.09. The molecule has 4 nitrogen and oxygen atoms in total. The predicted molar refractivity (Wildman–Crippen MR) is 87.0 cm³/mol. The number of hydrogen-bond acceptors (Lipinski definition) is 3. The van der Waals surface area contributed by atoms with Gasteiger partial charge in [0, 0.05) is 13.0 Å². The number of benzene rings is 1. The molecule has 1 aromatic carbocycles. The van der Waals surface area contributed by atoms with Crippen LogP contribution in [0, 0.1) is 5.92 Å². The molecule has 1 unspecified atom stereocenters. The van der Waals surface area contributed by atoms with Gasteiger partial charge in [0.25, 0.3) is 0 Å². The van der Waals surface area contributed by atoms with Crippen molar-refractivity contribution in [2.24, 2.45) is 5.92 Å². The van der Waals surface area contributed by atoms with Crippen LogP contribution in [-0.2, 0) is 4.79 Å². The Labute approximate surface area is 133 Å². The van der Waals surface area contributed by atoms with Gasteiger partial charge in [-0.05, 0) is 50.4 Å². The van der Waals surface area contributed by atoms with E-state index in [1.807, 2.05) is 30.3 Å². The summed E-state index contributed by atoms with van der Waals surface area (Å²) >= 11 is 0. The van der Waals surface area contributed by atoms with Gasteiger partial charge in [0.05, 0.1) is 6.61 Å². The maximum absolute atomic E-state index is 11.7. The predicted octanol–water partition coefficient (Wildman–Crippen LogP) is 2.38. The number of amides is 1. The van der Waals surface area contributed by atoms with E-state index in [0.717, 1.165) is 31.8 Å². The summed E-state index contributed by atoms with van der Waals surface area (Å²) in [7, 11) is 0. The maximum Gasteiger partial charge on any atom is 0.220 e.